The number of carbonyl (C=O) groups is 1. The molecule has 0 aromatic rings. The molecule has 4 aliphatic carbocycles. The first-order valence-electron chi connectivity index (χ1n) is 12.7. The van der Waals surface area contributed by atoms with Crippen molar-refractivity contribution in [2.45, 2.75) is 104 Å². The number of aliphatic hydroxyl groups excluding tert-OH is 2. The molecule has 4 rings (SSSR count). The Morgan fingerprint density at radius 2 is 1.67 bits per heavy atom. The van der Waals surface area contributed by atoms with E-state index in [2.05, 4.69) is 27.7 Å². The Morgan fingerprint density at radius 1 is 1.00 bits per heavy atom. The summed E-state index contributed by atoms with van der Waals surface area (Å²) in [5.41, 5.74) is 0.480. The van der Waals surface area contributed by atoms with E-state index in [-0.39, 0.29) is 29.5 Å². The lowest BCUT2D eigenvalue weighted by atomic mass is 9.41. The van der Waals surface area contributed by atoms with E-state index in [1.54, 1.807) is 0 Å². The predicted octanol–water partition coefficient (Wildman–Crippen LogP) is 5.11. The molecule has 172 valence electrons. The van der Waals surface area contributed by atoms with Gasteiger partial charge in [-0.25, -0.2) is 0 Å². The van der Waals surface area contributed by atoms with Crippen LogP contribution in [-0.4, -0.2) is 33.5 Å². The van der Waals surface area contributed by atoms with Crippen LogP contribution in [-0.2, 0) is 4.79 Å². The second-order valence-corrected chi connectivity index (χ2v) is 12.0. The maximum absolute atomic E-state index is 11.7. The van der Waals surface area contributed by atoms with Crippen molar-refractivity contribution >= 4 is 5.97 Å². The molecule has 0 heterocycles. The Hall–Kier alpha value is -0.610. The molecule has 11 atom stereocenters. The molecule has 4 heteroatoms. The lowest BCUT2D eigenvalue weighted by Crippen LogP contribution is -2.62. The first-order chi connectivity index (χ1) is 14.1. The van der Waals surface area contributed by atoms with Crippen molar-refractivity contribution in [1.82, 2.24) is 0 Å². The minimum Gasteiger partial charge on any atom is -0.481 e. The summed E-state index contributed by atoms with van der Waals surface area (Å²) in [6.07, 6.45) is 9.27. The molecule has 0 aliphatic heterocycles. The molecule has 0 saturated heterocycles. The fraction of sp³-hybridized carbons (Fsp3) is 0.962. The molecule has 4 saturated carbocycles. The number of hydrogen-bond acceptors (Lipinski definition) is 3. The van der Waals surface area contributed by atoms with E-state index in [0.717, 1.165) is 32.1 Å². The third-order valence-electron chi connectivity index (χ3n) is 11.0. The van der Waals surface area contributed by atoms with Crippen LogP contribution in [0.15, 0.2) is 0 Å². The van der Waals surface area contributed by atoms with E-state index in [1.807, 2.05) is 0 Å². The summed E-state index contributed by atoms with van der Waals surface area (Å²) in [4.78, 5) is 11.1. The van der Waals surface area contributed by atoms with Crippen molar-refractivity contribution in [2.24, 2.45) is 52.3 Å². The SMILES string of the molecule is CC[C@H]1[C@@H](O)[C@@H]2[C@H](CC[C@]3(C)C([C@@H](C)CCC(=O)O)CC[C@@H]23)[C@@]2(C)CC[C@@H](O)C[C@@H]12. The second kappa shape index (κ2) is 8.06. The van der Waals surface area contributed by atoms with E-state index >= 15 is 0 Å². The van der Waals surface area contributed by atoms with Gasteiger partial charge in [0.2, 0.25) is 0 Å². The van der Waals surface area contributed by atoms with Crippen LogP contribution < -0.4 is 0 Å². The van der Waals surface area contributed by atoms with Gasteiger partial charge in [-0.15, -0.1) is 0 Å². The summed E-state index contributed by atoms with van der Waals surface area (Å²) in [5.74, 6) is 2.58. The molecule has 0 radical (unpaired) electrons. The summed E-state index contributed by atoms with van der Waals surface area (Å²) in [6, 6.07) is 0. The predicted molar refractivity (Wildman–Crippen MR) is 118 cm³/mol. The van der Waals surface area contributed by atoms with Gasteiger partial charge in [0.25, 0.3) is 0 Å². The zero-order valence-electron chi connectivity index (χ0n) is 19.5. The third kappa shape index (κ3) is 3.36. The molecule has 1 unspecified atom stereocenters. The fourth-order valence-electron chi connectivity index (χ4n) is 9.48. The van der Waals surface area contributed by atoms with Gasteiger partial charge in [0.15, 0.2) is 0 Å². The van der Waals surface area contributed by atoms with Gasteiger partial charge in [-0.1, -0.05) is 34.1 Å². The lowest BCUT2D eigenvalue weighted by molar-refractivity contribution is -0.203. The van der Waals surface area contributed by atoms with E-state index in [9.17, 15) is 15.0 Å². The van der Waals surface area contributed by atoms with Crippen LogP contribution >= 0.6 is 0 Å². The Labute approximate surface area is 182 Å². The smallest absolute Gasteiger partial charge is 0.303 e. The van der Waals surface area contributed by atoms with Crippen LogP contribution in [0, 0.1) is 52.3 Å². The first-order valence-corrected chi connectivity index (χ1v) is 12.7. The maximum Gasteiger partial charge on any atom is 0.303 e. The van der Waals surface area contributed by atoms with Crippen LogP contribution in [0.3, 0.4) is 0 Å². The van der Waals surface area contributed by atoms with Gasteiger partial charge in [0.05, 0.1) is 12.2 Å². The number of carboxylic acid groups (broad SMARTS) is 1. The van der Waals surface area contributed by atoms with Gasteiger partial charge in [-0.2, -0.15) is 0 Å². The van der Waals surface area contributed by atoms with E-state index < -0.39 is 5.97 Å². The third-order valence-corrected chi connectivity index (χ3v) is 11.0. The largest absolute Gasteiger partial charge is 0.481 e. The van der Waals surface area contributed by atoms with Crippen molar-refractivity contribution in [3.05, 3.63) is 0 Å². The van der Waals surface area contributed by atoms with Gasteiger partial charge >= 0.3 is 5.97 Å². The van der Waals surface area contributed by atoms with Crippen molar-refractivity contribution in [3.63, 3.8) is 0 Å². The average Bonchev–Trinajstić information content (AvgIpc) is 3.05. The fourth-order valence-corrected chi connectivity index (χ4v) is 9.48. The molecule has 0 aromatic carbocycles. The number of rotatable bonds is 5. The van der Waals surface area contributed by atoms with Crippen LogP contribution in [0.5, 0.6) is 0 Å². The van der Waals surface area contributed by atoms with Crippen LogP contribution in [0.25, 0.3) is 0 Å². The molecule has 4 fully saturated rings. The van der Waals surface area contributed by atoms with Gasteiger partial charge < -0.3 is 15.3 Å². The number of fused-ring (bicyclic) bond motifs is 5. The average molecular weight is 421 g/mol. The Balaban J connectivity index is 1.61. The molecule has 0 spiro atoms. The summed E-state index contributed by atoms with van der Waals surface area (Å²) in [7, 11) is 0. The van der Waals surface area contributed by atoms with Gasteiger partial charge in [0.1, 0.15) is 0 Å². The summed E-state index contributed by atoms with van der Waals surface area (Å²) in [5, 5.41) is 31.3. The Morgan fingerprint density at radius 3 is 2.33 bits per heavy atom. The molecule has 4 aliphatic rings. The monoisotopic (exact) mass is 420 g/mol. The quantitative estimate of drug-likeness (QED) is 0.577. The molecular formula is C26H44O4. The highest BCUT2D eigenvalue weighted by atomic mass is 16.4. The van der Waals surface area contributed by atoms with E-state index in [1.165, 1.54) is 25.7 Å². The molecular weight excluding hydrogens is 376 g/mol. The summed E-state index contributed by atoms with van der Waals surface area (Å²) in [6.45, 7) is 9.44. The van der Waals surface area contributed by atoms with Crippen molar-refractivity contribution in [3.8, 4) is 0 Å². The van der Waals surface area contributed by atoms with Crippen molar-refractivity contribution in [1.29, 1.82) is 0 Å². The van der Waals surface area contributed by atoms with E-state index in [4.69, 9.17) is 5.11 Å². The minimum atomic E-state index is -0.683. The number of carboxylic acids is 1. The summed E-state index contributed by atoms with van der Waals surface area (Å²) < 4.78 is 0. The molecule has 4 nitrogen and oxygen atoms in total. The highest BCUT2D eigenvalue weighted by Crippen LogP contribution is 2.69. The zero-order chi connectivity index (χ0) is 21.8. The summed E-state index contributed by atoms with van der Waals surface area (Å²) >= 11 is 0. The standard InChI is InChI=1S/C26H44O4/c1-5-17-21-14-16(27)10-12-26(21,4)20-11-13-25(3)18(15(2)6-9-22(28)29)7-8-19(25)23(20)24(17)30/h15-21,23-24,27,30H,5-14H2,1-4H3,(H,28,29)/t15-,16+,17+,18?,19-,20-,21-,23-,24+,25+,26+/m0/s1. The highest BCUT2D eigenvalue weighted by Gasteiger charge is 2.64. The molecule has 30 heavy (non-hydrogen) atoms. The van der Waals surface area contributed by atoms with Crippen LogP contribution in [0.4, 0.5) is 0 Å². The number of hydrogen-bond donors (Lipinski definition) is 3. The lowest BCUT2D eigenvalue weighted by Gasteiger charge is -2.64. The Bertz CT molecular complexity index is 649. The van der Waals surface area contributed by atoms with E-state index in [0.29, 0.717) is 41.4 Å². The number of aliphatic carboxylic acids is 1. The van der Waals surface area contributed by atoms with Crippen molar-refractivity contribution < 1.29 is 20.1 Å². The van der Waals surface area contributed by atoms with Gasteiger partial charge in [-0.05, 0) is 104 Å². The van der Waals surface area contributed by atoms with Crippen LogP contribution in [0.2, 0.25) is 0 Å². The second-order valence-electron chi connectivity index (χ2n) is 12.0. The Kier molecular flexibility index (Phi) is 6.07. The molecule has 0 amide bonds. The normalized spacial score (nSPS) is 51.5. The molecule has 0 aromatic heterocycles. The first kappa shape index (κ1) is 22.6. The van der Waals surface area contributed by atoms with Gasteiger partial charge in [0, 0.05) is 6.42 Å². The topological polar surface area (TPSA) is 77.8 Å². The molecule has 3 N–H and O–H groups in total. The highest BCUT2D eigenvalue weighted by molar-refractivity contribution is 5.66. The number of aliphatic hydroxyl groups is 2. The minimum absolute atomic E-state index is 0.194. The van der Waals surface area contributed by atoms with Crippen LogP contribution in [0.1, 0.15) is 91.9 Å². The van der Waals surface area contributed by atoms with Crippen molar-refractivity contribution in [2.75, 3.05) is 0 Å². The molecule has 0 bridgehead atoms. The zero-order valence-corrected chi connectivity index (χ0v) is 19.5. The maximum atomic E-state index is 11.7. The van der Waals surface area contributed by atoms with Gasteiger partial charge in [-0.3, -0.25) is 4.79 Å².